The molecule has 0 spiro atoms. The van der Waals surface area contributed by atoms with Crippen LogP contribution >= 0.6 is 0 Å². The maximum Gasteiger partial charge on any atom is 0.275 e. The van der Waals surface area contributed by atoms with E-state index in [1.165, 1.54) is 11.6 Å². The summed E-state index contributed by atoms with van der Waals surface area (Å²) in [5.74, 6) is -0.366. The molecule has 1 atom stereocenters. The van der Waals surface area contributed by atoms with Crippen LogP contribution in [0.4, 0.5) is 4.39 Å². The Morgan fingerprint density at radius 1 is 1.10 bits per heavy atom. The van der Waals surface area contributed by atoms with E-state index < -0.39 is 0 Å². The van der Waals surface area contributed by atoms with Gasteiger partial charge in [0.1, 0.15) is 12.4 Å². The first kappa shape index (κ1) is 15.2. The summed E-state index contributed by atoms with van der Waals surface area (Å²) >= 11 is 0. The monoisotopic (exact) mass is 287 g/mol. The number of hydrogen-bond acceptors (Lipinski definition) is 1. The number of likely N-dealkylation sites (N-methyl/N-ethyl adjacent to an activating group) is 1. The maximum absolute atomic E-state index is 13.4. The number of carbonyl (C=O) groups excluding carboxylic acids is 1. The molecule has 0 aliphatic carbocycles. The van der Waals surface area contributed by atoms with Gasteiger partial charge in [-0.3, -0.25) is 4.79 Å². The van der Waals surface area contributed by atoms with Crippen LogP contribution in [0.25, 0.3) is 0 Å². The molecule has 0 aliphatic heterocycles. The van der Waals surface area contributed by atoms with E-state index in [-0.39, 0.29) is 18.3 Å². The van der Waals surface area contributed by atoms with Gasteiger partial charge in [0.05, 0.1) is 7.05 Å². The molecule has 4 heteroatoms. The molecule has 21 heavy (non-hydrogen) atoms. The molecule has 3 nitrogen and oxygen atoms in total. The summed E-state index contributed by atoms with van der Waals surface area (Å²) in [7, 11) is 1.97. The van der Waals surface area contributed by atoms with Gasteiger partial charge in [-0.05, 0) is 6.07 Å². The van der Waals surface area contributed by atoms with Crippen molar-refractivity contribution in [1.82, 2.24) is 5.32 Å². The fraction of sp³-hybridized carbons (Fsp3) is 0.235. The van der Waals surface area contributed by atoms with Crippen LogP contribution in [-0.4, -0.2) is 19.5 Å². The van der Waals surface area contributed by atoms with E-state index in [4.69, 9.17) is 0 Å². The average molecular weight is 287 g/mol. The predicted octanol–water partition coefficient (Wildman–Crippen LogP) is 1.16. The lowest BCUT2D eigenvalue weighted by molar-refractivity contribution is -0.885. The maximum atomic E-state index is 13.4. The largest absolute Gasteiger partial charge is 0.347 e. The molecule has 0 fully saturated rings. The van der Waals surface area contributed by atoms with Crippen LogP contribution in [0.3, 0.4) is 0 Å². The molecule has 110 valence electrons. The number of hydrogen-bond donors (Lipinski definition) is 2. The lowest BCUT2D eigenvalue weighted by atomic mass is 10.2. The van der Waals surface area contributed by atoms with Gasteiger partial charge in [0.15, 0.2) is 6.54 Å². The molecule has 2 N–H and O–H groups in total. The molecule has 0 aliphatic rings. The van der Waals surface area contributed by atoms with Crippen molar-refractivity contribution in [2.75, 3.05) is 13.6 Å². The van der Waals surface area contributed by atoms with Crippen LogP contribution in [0, 0.1) is 5.82 Å². The van der Waals surface area contributed by atoms with Gasteiger partial charge in [0.2, 0.25) is 0 Å². The van der Waals surface area contributed by atoms with Crippen LogP contribution in [0.15, 0.2) is 54.6 Å². The van der Waals surface area contributed by atoms with E-state index >= 15 is 0 Å². The van der Waals surface area contributed by atoms with Crippen molar-refractivity contribution < 1.29 is 14.1 Å². The number of nitrogens with one attached hydrogen (secondary N) is 2. The highest BCUT2D eigenvalue weighted by Crippen LogP contribution is 2.05. The molecule has 0 aromatic heterocycles. The number of benzene rings is 2. The molecule has 0 radical (unpaired) electrons. The van der Waals surface area contributed by atoms with Gasteiger partial charge < -0.3 is 10.2 Å². The van der Waals surface area contributed by atoms with Crippen molar-refractivity contribution in [3.8, 4) is 0 Å². The Labute approximate surface area is 124 Å². The Hall–Kier alpha value is -2.20. The first-order chi connectivity index (χ1) is 10.1. The molecule has 0 saturated heterocycles. The van der Waals surface area contributed by atoms with Gasteiger partial charge in [0, 0.05) is 17.7 Å². The van der Waals surface area contributed by atoms with Gasteiger partial charge >= 0.3 is 0 Å². The van der Waals surface area contributed by atoms with Crippen molar-refractivity contribution in [2.45, 2.75) is 13.1 Å². The molecule has 2 rings (SSSR count). The number of rotatable bonds is 6. The first-order valence-electron chi connectivity index (χ1n) is 7.00. The number of halogens is 1. The molecule has 1 amide bonds. The smallest absolute Gasteiger partial charge is 0.275 e. The third kappa shape index (κ3) is 5.00. The van der Waals surface area contributed by atoms with Crippen molar-refractivity contribution in [2.24, 2.45) is 0 Å². The third-order valence-corrected chi connectivity index (χ3v) is 3.24. The second-order valence-electron chi connectivity index (χ2n) is 5.16. The molecule has 1 unspecified atom stereocenters. The molecule has 0 heterocycles. The van der Waals surface area contributed by atoms with Crippen molar-refractivity contribution in [1.29, 1.82) is 0 Å². The molecule has 0 bridgehead atoms. The summed E-state index contributed by atoms with van der Waals surface area (Å²) < 4.78 is 13.4. The van der Waals surface area contributed by atoms with Crippen LogP contribution in [0.2, 0.25) is 0 Å². The van der Waals surface area contributed by atoms with E-state index in [9.17, 15) is 9.18 Å². The Balaban J connectivity index is 1.78. The fourth-order valence-electron chi connectivity index (χ4n) is 2.18. The van der Waals surface area contributed by atoms with E-state index in [1.54, 1.807) is 18.2 Å². The second-order valence-corrected chi connectivity index (χ2v) is 5.16. The van der Waals surface area contributed by atoms with Gasteiger partial charge in [-0.1, -0.05) is 48.5 Å². The molecular weight excluding hydrogens is 267 g/mol. The number of quaternary nitrogens is 1. The van der Waals surface area contributed by atoms with E-state index in [0.717, 1.165) is 11.4 Å². The number of amides is 1. The van der Waals surface area contributed by atoms with Crippen molar-refractivity contribution >= 4 is 5.91 Å². The van der Waals surface area contributed by atoms with Gasteiger partial charge in [-0.2, -0.15) is 0 Å². The van der Waals surface area contributed by atoms with Crippen LogP contribution in [-0.2, 0) is 17.9 Å². The average Bonchev–Trinajstić information content (AvgIpc) is 2.47. The van der Waals surface area contributed by atoms with Crippen LogP contribution < -0.4 is 10.2 Å². The molecule has 0 saturated carbocycles. The molecule has 2 aromatic carbocycles. The van der Waals surface area contributed by atoms with Gasteiger partial charge in [0.25, 0.3) is 5.91 Å². The topological polar surface area (TPSA) is 33.5 Å². The van der Waals surface area contributed by atoms with Gasteiger partial charge in [-0.25, -0.2) is 4.39 Å². The molecule has 2 aromatic rings. The third-order valence-electron chi connectivity index (χ3n) is 3.24. The highest BCUT2D eigenvalue weighted by Gasteiger charge is 2.11. The second kappa shape index (κ2) is 7.55. The zero-order chi connectivity index (χ0) is 15.1. The summed E-state index contributed by atoms with van der Waals surface area (Å²) in [5, 5.41) is 2.76. The van der Waals surface area contributed by atoms with Crippen molar-refractivity contribution in [3.63, 3.8) is 0 Å². The Bertz CT molecular complexity index is 586. The standard InChI is InChI=1S/C17H19FN2O/c1-20(12-14-7-3-2-4-8-14)13-17(21)19-11-15-9-5-6-10-16(15)18/h2-10H,11-13H2,1H3,(H,19,21)/p+1. The summed E-state index contributed by atoms with van der Waals surface area (Å²) in [6.45, 7) is 1.38. The van der Waals surface area contributed by atoms with E-state index in [1.807, 2.05) is 37.4 Å². The minimum absolute atomic E-state index is 0.0771. The van der Waals surface area contributed by atoms with Crippen LogP contribution in [0.1, 0.15) is 11.1 Å². The SMILES string of the molecule is C[NH+](CC(=O)NCc1ccccc1F)Cc1ccccc1. The highest BCUT2D eigenvalue weighted by atomic mass is 19.1. The Morgan fingerprint density at radius 2 is 1.76 bits per heavy atom. The summed E-state index contributed by atoms with van der Waals surface area (Å²) in [4.78, 5) is 13.0. The zero-order valence-electron chi connectivity index (χ0n) is 12.1. The summed E-state index contributed by atoms with van der Waals surface area (Å²) in [6.07, 6.45) is 0. The highest BCUT2D eigenvalue weighted by molar-refractivity contribution is 5.76. The summed E-state index contributed by atoms with van der Waals surface area (Å²) in [5.41, 5.74) is 1.70. The normalized spacial score (nSPS) is 11.9. The first-order valence-corrected chi connectivity index (χ1v) is 7.00. The number of carbonyl (C=O) groups is 1. The molecular formula is C17H20FN2O+. The van der Waals surface area contributed by atoms with E-state index in [2.05, 4.69) is 5.32 Å². The quantitative estimate of drug-likeness (QED) is 0.821. The Morgan fingerprint density at radius 3 is 2.48 bits per heavy atom. The van der Waals surface area contributed by atoms with Crippen molar-refractivity contribution in [3.05, 3.63) is 71.5 Å². The fourth-order valence-corrected chi connectivity index (χ4v) is 2.18. The lowest BCUT2D eigenvalue weighted by Gasteiger charge is -2.14. The zero-order valence-corrected chi connectivity index (χ0v) is 12.1. The minimum Gasteiger partial charge on any atom is -0.347 e. The lowest BCUT2D eigenvalue weighted by Crippen LogP contribution is -3.08. The van der Waals surface area contributed by atoms with Crippen LogP contribution in [0.5, 0.6) is 0 Å². The van der Waals surface area contributed by atoms with E-state index in [0.29, 0.717) is 12.1 Å². The Kier molecular flexibility index (Phi) is 5.46. The minimum atomic E-state index is -0.289. The summed E-state index contributed by atoms with van der Waals surface area (Å²) in [6, 6.07) is 16.5. The predicted molar refractivity (Wildman–Crippen MR) is 80.1 cm³/mol. The van der Waals surface area contributed by atoms with Gasteiger partial charge in [-0.15, -0.1) is 0 Å².